The summed E-state index contributed by atoms with van der Waals surface area (Å²) in [6.45, 7) is 5.67. The first-order chi connectivity index (χ1) is 8.58. The molecule has 1 heterocycles. The van der Waals surface area contributed by atoms with Gasteiger partial charge in [0.15, 0.2) is 0 Å². The van der Waals surface area contributed by atoms with Gasteiger partial charge in [-0.25, -0.2) is 4.98 Å². The molecule has 1 N–H and O–H groups in total. The second-order valence-corrected chi connectivity index (χ2v) is 4.17. The Bertz CT molecular complexity index is 409. The Kier molecular flexibility index (Phi) is 5.35. The van der Waals surface area contributed by atoms with E-state index in [1.807, 2.05) is 18.9 Å². The molecule has 0 aliphatic rings. The summed E-state index contributed by atoms with van der Waals surface area (Å²) in [5.74, 6) is 1.19. The third-order valence-electron chi connectivity index (χ3n) is 2.51. The van der Waals surface area contributed by atoms with Gasteiger partial charge in [-0.15, -0.1) is 0 Å². The SMILES string of the molecule is CCCNc1cc([N+](=O)[O-])cc(N(C)CCC)n1. The van der Waals surface area contributed by atoms with Gasteiger partial charge in [0.1, 0.15) is 11.6 Å². The van der Waals surface area contributed by atoms with Gasteiger partial charge in [-0.05, 0) is 12.8 Å². The van der Waals surface area contributed by atoms with Crippen molar-refractivity contribution in [1.29, 1.82) is 0 Å². The minimum absolute atomic E-state index is 0.0709. The average molecular weight is 252 g/mol. The lowest BCUT2D eigenvalue weighted by Gasteiger charge is -2.17. The Morgan fingerprint density at radius 2 is 2.11 bits per heavy atom. The lowest BCUT2D eigenvalue weighted by atomic mass is 10.3. The van der Waals surface area contributed by atoms with Gasteiger partial charge in [0.25, 0.3) is 5.69 Å². The summed E-state index contributed by atoms with van der Waals surface area (Å²) in [7, 11) is 1.89. The Balaban J connectivity index is 3.01. The quantitative estimate of drug-likeness (QED) is 0.596. The molecule has 1 aromatic heterocycles. The van der Waals surface area contributed by atoms with Crippen LogP contribution in [0.2, 0.25) is 0 Å². The highest BCUT2D eigenvalue weighted by Gasteiger charge is 2.13. The monoisotopic (exact) mass is 252 g/mol. The van der Waals surface area contributed by atoms with Crippen molar-refractivity contribution in [1.82, 2.24) is 4.98 Å². The van der Waals surface area contributed by atoms with E-state index in [2.05, 4.69) is 17.2 Å². The maximum absolute atomic E-state index is 10.9. The van der Waals surface area contributed by atoms with Gasteiger partial charge >= 0.3 is 0 Å². The number of nitrogens with one attached hydrogen (secondary N) is 1. The minimum atomic E-state index is -0.387. The number of nitro groups is 1. The van der Waals surface area contributed by atoms with Crippen molar-refractivity contribution in [3.63, 3.8) is 0 Å². The molecule has 0 unspecified atom stereocenters. The Morgan fingerprint density at radius 1 is 1.39 bits per heavy atom. The van der Waals surface area contributed by atoms with Crippen molar-refractivity contribution in [2.45, 2.75) is 26.7 Å². The maximum Gasteiger partial charge on any atom is 0.276 e. The Morgan fingerprint density at radius 3 is 2.67 bits per heavy atom. The molecule has 0 fully saturated rings. The van der Waals surface area contributed by atoms with Crippen LogP contribution in [0.5, 0.6) is 0 Å². The molecule has 100 valence electrons. The molecule has 0 atom stereocenters. The van der Waals surface area contributed by atoms with Crippen LogP contribution in [0.3, 0.4) is 0 Å². The molecule has 18 heavy (non-hydrogen) atoms. The zero-order chi connectivity index (χ0) is 13.5. The molecule has 0 saturated heterocycles. The normalized spacial score (nSPS) is 10.2. The smallest absolute Gasteiger partial charge is 0.276 e. The summed E-state index contributed by atoms with van der Waals surface area (Å²) in [4.78, 5) is 16.8. The number of rotatable bonds is 7. The minimum Gasteiger partial charge on any atom is -0.370 e. The van der Waals surface area contributed by atoms with Gasteiger partial charge in [0, 0.05) is 20.1 Å². The molecule has 0 radical (unpaired) electrons. The lowest BCUT2D eigenvalue weighted by molar-refractivity contribution is -0.384. The van der Waals surface area contributed by atoms with Crippen LogP contribution >= 0.6 is 0 Å². The summed E-state index contributed by atoms with van der Waals surface area (Å²) in [5.41, 5.74) is 0.0709. The highest BCUT2D eigenvalue weighted by molar-refractivity contribution is 5.55. The van der Waals surface area contributed by atoms with Crippen LogP contribution < -0.4 is 10.2 Å². The average Bonchev–Trinajstić information content (AvgIpc) is 2.36. The van der Waals surface area contributed by atoms with Gasteiger partial charge < -0.3 is 10.2 Å². The molecule has 1 rings (SSSR count). The predicted molar refractivity (Wildman–Crippen MR) is 73.2 cm³/mol. The molecule has 0 amide bonds. The van der Waals surface area contributed by atoms with E-state index in [1.165, 1.54) is 12.1 Å². The van der Waals surface area contributed by atoms with E-state index < -0.39 is 0 Å². The maximum atomic E-state index is 10.9. The van der Waals surface area contributed by atoms with E-state index in [4.69, 9.17) is 0 Å². The molecule has 0 aliphatic carbocycles. The van der Waals surface area contributed by atoms with E-state index in [0.29, 0.717) is 11.6 Å². The number of nitrogens with zero attached hydrogens (tertiary/aromatic N) is 3. The fraction of sp³-hybridized carbons (Fsp3) is 0.583. The lowest BCUT2D eigenvalue weighted by Crippen LogP contribution is -2.19. The molecule has 0 saturated carbocycles. The van der Waals surface area contributed by atoms with Crippen molar-refractivity contribution < 1.29 is 4.92 Å². The second kappa shape index (κ2) is 6.78. The number of aromatic nitrogens is 1. The third-order valence-corrected chi connectivity index (χ3v) is 2.51. The van der Waals surface area contributed by atoms with Crippen LogP contribution in [0.15, 0.2) is 12.1 Å². The summed E-state index contributed by atoms with van der Waals surface area (Å²) < 4.78 is 0. The summed E-state index contributed by atoms with van der Waals surface area (Å²) in [5, 5.41) is 14.0. The van der Waals surface area contributed by atoms with Crippen LogP contribution in [0.4, 0.5) is 17.3 Å². The van der Waals surface area contributed by atoms with Gasteiger partial charge in [-0.3, -0.25) is 10.1 Å². The molecule has 6 heteroatoms. The standard InChI is InChI=1S/C12H20N4O2/c1-4-6-13-11-8-10(16(17)18)9-12(14-11)15(3)7-5-2/h8-9H,4-7H2,1-3H3,(H,13,14). The van der Waals surface area contributed by atoms with Crippen molar-refractivity contribution in [3.05, 3.63) is 22.2 Å². The largest absolute Gasteiger partial charge is 0.370 e. The summed E-state index contributed by atoms with van der Waals surface area (Å²) >= 11 is 0. The number of anilines is 2. The van der Waals surface area contributed by atoms with Crippen molar-refractivity contribution in [2.75, 3.05) is 30.4 Å². The van der Waals surface area contributed by atoms with Crippen LogP contribution in [-0.2, 0) is 0 Å². The highest BCUT2D eigenvalue weighted by atomic mass is 16.6. The molecular weight excluding hydrogens is 232 g/mol. The fourth-order valence-electron chi connectivity index (χ4n) is 1.60. The van der Waals surface area contributed by atoms with Crippen LogP contribution in [-0.4, -0.2) is 30.0 Å². The van der Waals surface area contributed by atoms with Crippen molar-refractivity contribution in [3.8, 4) is 0 Å². The summed E-state index contributed by atoms with van der Waals surface area (Å²) in [6.07, 6.45) is 1.92. The number of hydrogen-bond donors (Lipinski definition) is 1. The highest BCUT2D eigenvalue weighted by Crippen LogP contribution is 2.22. The van der Waals surface area contributed by atoms with E-state index in [0.717, 1.165) is 25.9 Å². The van der Waals surface area contributed by atoms with Crippen LogP contribution in [0.25, 0.3) is 0 Å². The molecule has 0 bridgehead atoms. The molecular formula is C12H20N4O2. The third kappa shape index (κ3) is 3.87. The van der Waals surface area contributed by atoms with E-state index >= 15 is 0 Å². The van der Waals surface area contributed by atoms with Crippen LogP contribution in [0.1, 0.15) is 26.7 Å². The topological polar surface area (TPSA) is 71.3 Å². The molecule has 0 aliphatic heterocycles. The summed E-state index contributed by atoms with van der Waals surface area (Å²) in [6, 6.07) is 2.98. The molecule has 0 spiro atoms. The van der Waals surface area contributed by atoms with E-state index in [-0.39, 0.29) is 10.6 Å². The first kappa shape index (κ1) is 14.2. The molecule has 0 aromatic carbocycles. The Hall–Kier alpha value is -1.85. The molecule has 6 nitrogen and oxygen atoms in total. The van der Waals surface area contributed by atoms with Crippen molar-refractivity contribution >= 4 is 17.3 Å². The zero-order valence-electron chi connectivity index (χ0n) is 11.1. The number of hydrogen-bond acceptors (Lipinski definition) is 5. The molecule has 1 aromatic rings. The Labute approximate surface area is 107 Å². The van der Waals surface area contributed by atoms with Gasteiger partial charge in [-0.2, -0.15) is 0 Å². The number of pyridine rings is 1. The predicted octanol–water partition coefficient (Wildman–Crippen LogP) is 2.66. The van der Waals surface area contributed by atoms with Gasteiger partial charge in [0.05, 0.1) is 17.1 Å². The van der Waals surface area contributed by atoms with E-state index in [9.17, 15) is 10.1 Å². The van der Waals surface area contributed by atoms with Gasteiger partial charge in [0.2, 0.25) is 0 Å². The van der Waals surface area contributed by atoms with E-state index in [1.54, 1.807) is 0 Å². The first-order valence-corrected chi connectivity index (χ1v) is 6.20. The van der Waals surface area contributed by atoms with Crippen molar-refractivity contribution in [2.24, 2.45) is 0 Å². The second-order valence-electron chi connectivity index (χ2n) is 4.17. The fourth-order valence-corrected chi connectivity index (χ4v) is 1.60. The van der Waals surface area contributed by atoms with Crippen LogP contribution in [0, 0.1) is 10.1 Å². The zero-order valence-corrected chi connectivity index (χ0v) is 11.1. The van der Waals surface area contributed by atoms with Gasteiger partial charge in [-0.1, -0.05) is 13.8 Å². The first-order valence-electron chi connectivity index (χ1n) is 6.20.